The Morgan fingerprint density at radius 2 is 2.29 bits per heavy atom. The molecular weight excluding hydrogens is 205 g/mol. The van der Waals surface area contributed by atoms with Crippen molar-refractivity contribution in [3.8, 4) is 0 Å². The second-order valence-corrected chi connectivity index (χ2v) is 3.18. The van der Waals surface area contributed by atoms with Gasteiger partial charge >= 0.3 is 0 Å². The molecule has 14 heavy (non-hydrogen) atoms. The van der Waals surface area contributed by atoms with Crippen molar-refractivity contribution in [1.29, 1.82) is 0 Å². The summed E-state index contributed by atoms with van der Waals surface area (Å²) in [4.78, 5) is 7.65. The zero-order valence-electron chi connectivity index (χ0n) is 8.06. The number of alkyl halides is 1. The molecule has 0 saturated carbocycles. The highest BCUT2D eigenvalue weighted by Gasteiger charge is 2.08. The number of aromatic nitrogens is 2. The predicted octanol–water partition coefficient (Wildman–Crippen LogP) is 2.22. The van der Waals surface area contributed by atoms with Crippen LogP contribution in [0.4, 0.5) is 10.2 Å². The van der Waals surface area contributed by atoms with Gasteiger partial charge in [-0.3, -0.25) is 0 Å². The Bertz CT molecular complexity index is 293. The van der Waals surface area contributed by atoms with Crippen LogP contribution in [0.2, 0.25) is 0 Å². The zero-order chi connectivity index (χ0) is 10.4. The first-order valence-corrected chi connectivity index (χ1v) is 5.12. The van der Waals surface area contributed by atoms with E-state index in [0.717, 1.165) is 6.42 Å². The Morgan fingerprint density at radius 1 is 1.50 bits per heavy atom. The minimum Gasteiger partial charge on any atom is -0.367 e. The van der Waals surface area contributed by atoms with Crippen LogP contribution in [0.15, 0.2) is 6.33 Å². The molecule has 0 radical (unpaired) electrons. The molecule has 0 saturated heterocycles. The Morgan fingerprint density at radius 3 is 2.93 bits per heavy atom. The molecule has 1 aromatic heterocycles. The van der Waals surface area contributed by atoms with Crippen LogP contribution in [0.25, 0.3) is 0 Å². The van der Waals surface area contributed by atoms with Crippen molar-refractivity contribution in [1.82, 2.24) is 9.97 Å². The number of hydrogen-bond acceptors (Lipinski definition) is 3. The highest BCUT2D eigenvalue weighted by Crippen LogP contribution is 2.12. The van der Waals surface area contributed by atoms with Crippen LogP contribution in [-0.2, 0) is 6.42 Å². The molecule has 0 unspecified atom stereocenters. The first-order valence-electron chi connectivity index (χ1n) is 4.58. The van der Waals surface area contributed by atoms with Gasteiger partial charge < -0.3 is 5.32 Å². The van der Waals surface area contributed by atoms with Crippen LogP contribution < -0.4 is 5.32 Å². The van der Waals surface area contributed by atoms with E-state index in [1.165, 1.54) is 6.33 Å². The van der Waals surface area contributed by atoms with Gasteiger partial charge in [0.05, 0.1) is 5.69 Å². The Kier molecular flexibility index (Phi) is 4.59. The monoisotopic (exact) mass is 217 g/mol. The van der Waals surface area contributed by atoms with Crippen LogP contribution in [-0.4, -0.2) is 22.4 Å². The molecule has 0 bridgehead atoms. The average Bonchev–Trinajstić information content (AvgIpc) is 2.21. The first kappa shape index (κ1) is 11.2. The molecule has 1 N–H and O–H groups in total. The number of anilines is 1. The van der Waals surface area contributed by atoms with E-state index in [1.807, 2.05) is 6.92 Å². The molecule has 3 nitrogen and oxygen atoms in total. The summed E-state index contributed by atoms with van der Waals surface area (Å²) in [6, 6.07) is 0. The zero-order valence-corrected chi connectivity index (χ0v) is 8.81. The summed E-state index contributed by atoms with van der Waals surface area (Å²) >= 11 is 5.50. The molecule has 1 rings (SSSR count). The highest BCUT2D eigenvalue weighted by atomic mass is 35.5. The quantitative estimate of drug-likeness (QED) is 0.607. The fourth-order valence-corrected chi connectivity index (χ4v) is 1.18. The number of hydrogen-bond donors (Lipinski definition) is 1. The van der Waals surface area contributed by atoms with Gasteiger partial charge in [0.15, 0.2) is 11.6 Å². The van der Waals surface area contributed by atoms with E-state index < -0.39 is 0 Å². The van der Waals surface area contributed by atoms with Gasteiger partial charge in [0.2, 0.25) is 0 Å². The van der Waals surface area contributed by atoms with Gasteiger partial charge in [-0.2, -0.15) is 0 Å². The topological polar surface area (TPSA) is 37.8 Å². The van der Waals surface area contributed by atoms with E-state index in [0.29, 0.717) is 24.5 Å². The molecule has 78 valence electrons. The fraction of sp³-hybridized carbons (Fsp3) is 0.556. The second kappa shape index (κ2) is 5.75. The molecule has 0 spiro atoms. The maximum atomic E-state index is 13.5. The summed E-state index contributed by atoms with van der Waals surface area (Å²) in [6.07, 6.45) is 2.72. The van der Waals surface area contributed by atoms with Gasteiger partial charge in [0.25, 0.3) is 0 Å². The third kappa shape index (κ3) is 2.80. The molecule has 0 aliphatic heterocycles. The number of halogens is 2. The number of nitrogens with one attached hydrogen (secondary N) is 1. The number of nitrogens with zero attached hydrogens (tertiary/aromatic N) is 2. The van der Waals surface area contributed by atoms with Gasteiger partial charge in [-0.25, -0.2) is 14.4 Å². The van der Waals surface area contributed by atoms with E-state index in [-0.39, 0.29) is 11.6 Å². The minimum absolute atomic E-state index is 0.266. The van der Waals surface area contributed by atoms with Crippen molar-refractivity contribution in [3.05, 3.63) is 17.8 Å². The molecule has 0 atom stereocenters. The van der Waals surface area contributed by atoms with Gasteiger partial charge in [0, 0.05) is 12.4 Å². The van der Waals surface area contributed by atoms with Crippen molar-refractivity contribution in [2.75, 3.05) is 17.7 Å². The minimum atomic E-state index is -0.357. The van der Waals surface area contributed by atoms with E-state index in [4.69, 9.17) is 11.6 Å². The lowest BCUT2D eigenvalue weighted by atomic mass is 10.3. The molecule has 1 aromatic rings. The summed E-state index contributed by atoms with van der Waals surface area (Å²) in [6.45, 7) is 2.48. The second-order valence-electron chi connectivity index (χ2n) is 2.81. The molecule has 0 fully saturated rings. The van der Waals surface area contributed by atoms with Crippen molar-refractivity contribution in [3.63, 3.8) is 0 Å². The molecule has 0 aliphatic rings. The maximum Gasteiger partial charge on any atom is 0.186 e. The van der Waals surface area contributed by atoms with Gasteiger partial charge in [-0.15, -0.1) is 11.6 Å². The predicted molar refractivity (Wildman–Crippen MR) is 55.2 cm³/mol. The molecule has 0 amide bonds. The summed E-state index contributed by atoms with van der Waals surface area (Å²) < 4.78 is 13.5. The van der Waals surface area contributed by atoms with E-state index >= 15 is 0 Å². The summed E-state index contributed by atoms with van der Waals surface area (Å²) in [5.74, 6) is 0.465. The molecule has 1 heterocycles. The third-order valence-electron chi connectivity index (χ3n) is 1.80. The van der Waals surface area contributed by atoms with Gasteiger partial charge in [0.1, 0.15) is 6.33 Å². The van der Waals surface area contributed by atoms with Crippen LogP contribution in [0, 0.1) is 5.82 Å². The first-order chi connectivity index (χ1) is 6.79. The van der Waals surface area contributed by atoms with Crippen molar-refractivity contribution < 1.29 is 4.39 Å². The summed E-state index contributed by atoms with van der Waals surface area (Å²) in [7, 11) is 0. The van der Waals surface area contributed by atoms with Gasteiger partial charge in [-0.1, -0.05) is 6.92 Å². The normalized spacial score (nSPS) is 10.2. The standard InChI is InChI=1S/C9H13ClFN3/c1-2-7-8(11)9(14-6-13-7)12-5-3-4-10/h6H,2-5H2,1H3,(H,12,13,14). The third-order valence-corrected chi connectivity index (χ3v) is 2.07. The fourth-order valence-electron chi connectivity index (χ4n) is 1.05. The Hall–Kier alpha value is -0.900. The lowest BCUT2D eigenvalue weighted by Crippen LogP contribution is -2.08. The number of rotatable bonds is 5. The maximum absolute atomic E-state index is 13.5. The van der Waals surface area contributed by atoms with E-state index in [2.05, 4.69) is 15.3 Å². The Balaban J connectivity index is 2.66. The molecular formula is C9H13ClFN3. The lowest BCUT2D eigenvalue weighted by molar-refractivity contribution is 0.596. The molecule has 0 aliphatic carbocycles. The summed E-state index contributed by atoms with van der Waals surface area (Å²) in [5.41, 5.74) is 0.438. The van der Waals surface area contributed by atoms with Gasteiger partial charge in [-0.05, 0) is 12.8 Å². The molecule has 0 aromatic carbocycles. The van der Waals surface area contributed by atoms with Crippen LogP contribution in [0.5, 0.6) is 0 Å². The van der Waals surface area contributed by atoms with Crippen LogP contribution in [0.3, 0.4) is 0 Å². The van der Waals surface area contributed by atoms with Crippen LogP contribution in [0.1, 0.15) is 19.0 Å². The average molecular weight is 218 g/mol. The lowest BCUT2D eigenvalue weighted by Gasteiger charge is -2.06. The largest absolute Gasteiger partial charge is 0.367 e. The smallest absolute Gasteiger partial charge is 0.186 e. The SMILES string of the molecule is CCc1ncnc(NCCCCl)c1F. The van der Waals surface area contributed by atoms with Crippen molar-refractivity contribution in [2.24, 2.45) is 0 Å². The van der Waals surface area contributed by atoms with Crippen LogP contribution >= 0.6 is 11.6 Å². The Labute approximate surface area is 87.7 Å². The highest BCUT2D eigenvalue weighted by molar-refractivity contribution is 6.17. The van der Waals surface area contributed by atoms with Crippen molar-refractivity contribution >= 4 is 17.4 Å². The van der Waals surface area contributed by atoms with E-state index in [9.17, 15) is 4.39 Å². The van der Waals surface area contributed by atoms with E-state index in [1.54, 1.807) is 0 Å². The number of aryl methyl sites for hydroxylation is 1. The molecule has 5 heteroatoms. The summed E-state index contributed by atoms with van der Waals surface area (Å²) in [5, 5.41) is 2.88. The van der Waals surface area contributed by atoms with Crippen molar-refractivity contribution in [2.45, 2.75) is 19.8 Å².